The van der Waals surface area contributed by atoms with Gasteiger partial charge < -0.3 is 10.1 Å². The number of ether oxygens (including phenoxy) is 1. The van der Waals surface area contributed by atoms with E-state index in [0.717, 1.165) is 31.9 Å². The van der Waals surface area contributed by atoms with Gasteiger partial charge in [0.05, 0.1) is 11.8 Å². The van der Waals surface area contributed by atoms with Crippen LogP contribution in [0.5, 0.6) is 0 Å². The molecule has 1 saturated carbocycles. The predicted molar refractivity (Wildman–Crippen MR) is 70.3 cm³/mol. The average molecular weight is 249 g/mol. The van der Waals surface area contributed by atoms with Gasteiger partial charge in [-0.2, -0.15) is 5.10 Å². The predicted octanol–water partition coefficient (Wildman–Crippen LogP) is 1.64. The van der Waals surface area contributed by atoms with Gasteiger partial charge in [-0.1, -0.05) is 6.92 Å². The first kappa shape index (κ1) is 12.2. The number of nitrogens with one attached hydrogen (secondary N) is 1. The van der Waals surface area contributed by atoms with Crippen molar-refractivity contribution in [1.82, 2.24) is 15.1 Å². The van der Waals surface area contributed by atoms with E-state index in [2.05, 4.69) is 23.5 Å². The van der Waals surface area contributed by atoms with E-state index >= 15 is 0 Å². The van der Waals surface area contributed by atoms with Crippen LogP contribution < -0.4 is 5.32 Å². The smallest absolute Gasteiger partial charge is 0.0757 e. The van der Waals surface area contributed by atoms with Crippen LogP contribution in [0.25, 0.3) is 0 Å². The van der Waals surface area contributed by atoms with Crippen LogP contribution in [0.3, 0.4) is 0 Å². The molecule has 0 spiro atoms. The first-order valence-electron chi connectivity index (χ1n) is 7.14. The SMILES string of the molecule is CCc1nn(C)cc1CNC1CCOC1C1CC1. The van der Waals surface area contributed by atoms with E-state index in [1.165, 1.54) is 24.1 Å². The topological polar surface area (TPSA) is 39.1 Å². The number of hydrogen-bond acceptors (Lipinski definition) is 3. The van der Waals surface area contributed by atoms with E-state index in [1.54, 1.807) is 0 Å². The summed E-state index contributed by atoms with van der Waals surface area (Å²) in [4.78, 5) is 0. The van der Waals surface area contributed by atoms with E-state index in [1.807, 2.05) is 11.7 Å². The minimum absolute atomic E-state index is 0.465. The number of aromatic nitrogens is 2. The Morgan fingerprint density at radius 2 is 2.28 bits per heavy atom. The van der Waals surface area contributed by atoms with Gasteiger partial charge in [-0.3, -0.25) is 4.68 Å². The molecule has 4 heteroatoms. The van der Waals surface area contributed by atoms with Crippen molar-refractivity contribution in [3.05, 3.63) is 17.5 Å². The highest BCUT2D eigenvalue weighted by Gasteiger charge is 2.40. The molecule has 1 aromatic rings. The molecule has 2 unspecified atom stereocenters. The van der Waals surface area contributed by atoms with Gasteiger partial charge in [0.1, 0.15) is 0 Å². The second kappa shape index (κ2) is 5.02. The minimum atomic E-state index is 0.465. The Kier molecular flexibility index (Phi) is 3.39. The highest BCUT2D eigenvalue weighted by Crippen LogP contribution is 2.38. The first-order valence-corrected chi connectivity index (χ1v) is 7.14. The van der Waals surface area contributed by atoms with Crippen LogP contribution in [0, 0.1) is 5.92 Å². The average Bonchev–Trinajstić information content (AvgIpc) is 2.99. The van der Waals surface area contributed by atoms with Crippen molar-refractivity contribution in [3.8, 4) is 0 Å². The monoisotopic (exact) mass is 249 g/mol. The summed E-state index contributed by atoms with van der Waals surface area (Å²) in [7, 11) is 1.99. The third-order valence-corrected chi connectivity index (χ3v) is 4.10. The lowest BCUT2D eigenvalue weighted by Gasteiger charge is -2.19. The summed E-state index contributed by atoms with van der Waals surface area (Å²) >= 11 is 0. The molecule has 1 aliphatic carbocycles. The van der Waals surface area contributed by atoms with Crippen molar-refractivity contribution < 1.29 is 4.74 Å². The second-order valence-electron chi connectivity index (χ2n) is 5.58. The normalized spacial score (nSPS) is 27.9. The molecule has 0 aromatic carbocycles. The van der Waals surface area contributed by atoms with Crippen molar-refractivity contribution in [3.63, 3.8) is 0 Å². The largest absolute Gasteiger partial charge is 0.376 e. The lowest BCUT2D eigenvalue weighted by Crippen LogP contribution is -2.37. The van der Waals surface area contributed by atoms with Crippen molar-refractivity contribution in [2.24, 2.45) is 13.0 Å². The molecule has 3 rings (SSSR count). The first-order chi connectivity index (χ1) is 8.78. The Labute approximate surface area is 109 Å². The zero-order valence-electron chi connectivity index (χ0n) is 11.4. The number of hydrogen-bond donors (Lipinski definition) is 1. The molecule has 1 N–H and O–H groups in total. The summed E-state index contributed by atoms with van der Waals surface area (Å²) in [5.74, 6) is 0.824. The molecule has 1 saturated heterocycles. The van der Waals surface area contributed by atoms with Crippen molar-refractivity contribution in [2.45, 2.75) is 51.3 Å². The fourth-order valence-electron chi connectivity index (χ4n) is 2.99. The lowest BCUT2D eigenvalue weighted by molar-refractivity contribution is 0.0808. The second-order valence-corrected chi connectivity index (χ2v) is 5.58. The summed E-state index contributed by atoms with van der Waals surface area (Å²) in [6.45, 7) is 4.01. The summed E-state index contributed by atoms with van der Waals surface area (Å²) in [5.41, 5.74) is 2.55. The van der Waals surface area contributed by atoms with Crippen molar-refractivity contribution in [1.29, 1.82) is 0 Å². The van der Waals surface area contributed by atoms with Gasteiger partial charge in [0.15, 0.2) is 0 Å². The maximum atomic E-state index is 5.86. The van der Waals surface area contributed by atoms with Crippen molar-refractivity contribution >= 4 is 0 Å². The Balaban J connectivity index is 1.59. The molecule has 2 atom stereocenters. The van der Waals surface area contributed by atoms with Gasteiger partial charge in [-0.05, 0) is 31.6 Å². The molecular formula is C14H23N3O. The summed E-state index contributed by atoms with van der Waals surface area (Å²) < 4.78 is 7.77. The van der Waals surface area contributed by atoms with Crippen LogP contribution in [-0.4, -0.2) is 28.5 Å². The Bertz CT molecular complexity index is 411. The van der Waals surface area contributed by atoms with E-state index in [9.17, 15) is 0 Å². The van der Waals surface area contributed by atoms with Crippen LogP contribution in [0.15, 0.2) is 6.20 Å². The summed E-state index contributed by atoms with van der Waals surface area (Å²) in [6.07, 6.45) is 7.47. The molecule has 2 heterocycles. The van der Waals surface area contributed by atoms with Crippen LogP contribution in [0.2, 0.25) is 0 Å². The number of rotatable bonds is 5. The highest BCUT2D eigenvalue weighted by atomic mass is 16.5. The maximum Gasteiger partial charge on any atom is 0.0757 e. The van der Waals surface area contributed by atoms with Crippen LogP contribution >= 0.6 is 0 Å². The fourth-order valence-corrected chi connectivity index (χ4v) is 2.99. The van der Waals surface area contributed by atoms with Gasteiger partial charge in [0.25, 0.3) is 0 Å². The Hall–Kier alpha value is -0.870. The summed E-state index contributed by atoms with van der Waals surface area (Å²) in [6, 6.07) is 0.544. The quantitative estimate of drug-likeness (QED) is 0.862. The van der Waals surface area contributed by atoms with Gasteiger partial charge in [-0.15, -0.1) is 0 Å². The molecular weight excluding hydrogens is 226 g/mol. The lowest BCUT2D eigenvalue weighted by atomic mass is 10.1. The molecule has 1 aliphatic heterocycles. The van der Waals surface area contributed by atoms with E-state index < -0.39 is 0 Å². The van der Waals surface area contributed by atoms with Crippen LogP contribution in [-0.2, 0) is 24.8 Å². The number of aryl methyl sites for hydroxylation is 2. The standard InChI is InChI=1S/C14H23N3O/c1-3-12-11(9-17(2)16-12)8-15-13-6-7-18-14(13)10-4-5-10/h9-10,13-15H,3-8H2,1-2H3. The van der Waals surface area contributed by atoms with Gasteiger partial charge >= 0.3 is 0 Å². The van der Waals surface area contributed by atoms with Crippen LogP contribution in [0.4, 0.5) is 0 Å². The van der Waals surface area contributed by atoms with Gasteiger partial charge in [-0.25, -0.2) is 0 Å². The Morgan fingerprint density at radius 1 is 1.44 bits per heavy atom. The van der Waals surface area contributed by atoms with Crippen LogP contribution in [0.1, 0.15) is 37.4 Å². The molecule has 18 heavy (non-hydrogen) atoms. The molecule has 1 aromatic heterocycles. The number of nitrogens with zero attached hydrogens (tertiary/aromatic N) is 2. The highest BCUT2D eigenvalue weighted by molar-refractivity contribution is 5.17. The van der Waals surface area contributed by atoms with E-state index in [-0.39, 0.29) is 0 Å². The van der Waals surface area contributed by atoms with Crippen molar-refractivity contribution in [2.75, 3.05) is 6.61 Å². The fraction of sp³-hybridized carbons (Fsp3) is 0.786. The zero-order valence-corrected chi connectivity index (χ0v) is 11.4. The molecule has 0 bridgehead atoms. The molecule has 2 fully saturated rings. The molecule has 2 aliphatic rings. The Morgan fingerprint density at radius 3 is 3.00 bits per heavy atom. The summed E-state index contributed by atoms with van der Waals surface area (Å²) in [5, 5.41) is 8.17. The third kappa shape index (κ3) is 2.45. The zero-order chi connectivity index (χ0) is 12.5. The molecule has 0 radical (unpaired) electrons. The van der Waals surface area contributed by atoms with Gasteiger partial charge in [0, 0.05) is 38.0 Å². The molecule has 0 amide bonds. The maximum absolute atomic E-state index is 5.86. The van der Waals surface area contributed by atoms with Gasteiger partial charge in [0.2, 0.25) is 0 Å². The molecule has 4 nitrogen and oxygen atoms in total. The molecule has 100 valence electrons. The van der Waals surface area contributed by atoms with E-state index in [0.29, 0.717) is 12.1 Å². The van der Waals surface area contributed by atoms with E-state index in [4.69, 9.17) is 4.74 Å². The third-order valence-electron chi connectivity index (χ3n) is 4.10. The minimum Gasteiger partial charge on any atom is -0.376 e.